The first-order valence-electron chi connectivity index (χ1n) is 14.8. The summed E-state index contributed by atoms with van der Waals surface area (Å²) >= 11 is 0. The van der Waals surface area contributed by atoms with E-state index in [-0.39, 0.29) is 30.2 Å². The molecule has 3 aromatic rings. The van der Waals surface area contributed by atoms with Gasteiger partial charge in [-0.05, 0) is 110 Å². The minimum atomic E-state index is -4.98. The molecule has 44 heavy (non-hydrogen) atoms. The predicted molar refractivity (Wildman–Crippen MR) is 148 cm³/mol. The molecule has 2 aromatic carbocycles. The van der Waals surface area contributed by atoms with Gasteiger partial charge in [-0.25, -0.2) is 4.79 Å². The zero-order valence-corrected chi connectivity index (χ0v) is 24.1. The van der Waals surface area contributed by atoms with E-state index in [4.69, 9.17) is 4.74 Å². The van der Waals surface area contributed by atoms with Crippen molar-refractivity contribution in [2.24, 2.45) is 7.05 Å². The van der Waals surface area contributed by atoms with Crippen molar-refractivity contribution in [2.45, 2.75) is 88.8 Å². The van der Waals surface area contributed by atoms with Crippen molar-refractivity contribution in [3.63, 3.8) is 0 Å². The quantitative estimate of drug-likeness (QED) is 0.281. The number of alkyl halides is 6. The second kappa shape index (κ2) is 11.6. The van der Waals surface area contributed by atoms with E-state index in [1.165, 1.54) is 11.8 Å². The molecule has 0 spiro atoms. The second-order valence-electron chi connectivity index (χ2n) is 11.8. The van der Waals surface area contributed by atoms with Crippen molar-refractivity contribution in [1.29, 1.82) is 0 Å². The Labute approximate surface area is 250 Å². The standard InChI is InChI=1S/C30H32F6N6O2/c1-40-38-27(37-39-40)42(17-18-12-21(29(31,32)33)16-22(13-18)30(34,35)36)25-10-5-11-41(28(43)44-23-8-2-3-9-23)26-15-20-7-4-6-19(20)14-24(25)26/h12-16,23,25H,2-11,17H2,1H3. The number of aryl methyl sites for hydroxylation is 3. The van der Waals surface area contributed by atoms with Gasteiger partial charge in [0.2, 0.25) is 0 Å². The van der Waals surface area contributed by atoms with Crippen LogP contribution in [0.25, 0.3) is 0 Å². The van der Waals surface area contributed by atoms with Gasteiger partial charge in [0.25, 0.3) is 5.95 Å². The van der Waals surface area contributed by atoms with Gasteiger partial charge < -0.3 is 9.64 Å². The molecule has 0 N–H and O–H groups in total. The highest BCUT2D eigenvalue weighted by molar-refractivity contribution is 5.89. The second-order valence-corrected chi connectivity index (χ2v) is 11.8. The number of aromatic nitrogens is 4. The maximum absolute atomic E-state index is 13.7. The molecule has 1 aromatic heterocycles. The number of hydrogen-bond acceptors (Lipinski definition) is 6. The Kier molecular flexibility index (Phi) is 7.95. The van der Waals surface area contributed by atoms with Crippen molar-refractivity contribution >= 4 is 17.7 Å². The number of halogens is 6. The highest BCUT2D eigenvalue weighted by atomic mass is 19.4. The third kappa shape index (κ3) is 6.20. The van der Waals surface area contributed by atoms with E-state index in [0.29, 0.717) is 25.1 Å². The van der Waals surface area contributed by atoms with Gasteiger partial charge in [0.15, 0.2) is 0 Å². The lowest BCUT2D eigenvalue weighted by Gasteiger charge is -2.32. The van der Waals surface area contributed by atoms with Gasteiger partial charge in [0.1, 0.15) is 6.10 Å². The Balaban J connectivity index is 1.44. The Morgan fingerprint density at radius 3 is 2.18 bits per heavy atom. The zero-order valence-electron chi connectivity index (χ0n) is 24.1. The number of anilines is 2. The van der Waals surface area contributed by atoms with E-state index in [1.54, 1.807) is 9.80 Å². The molecule has 1 atom stereocenters. The number of hydrogen-bond donors (Lipinski definition) is 0. The van der Waals surface area contributed by atoms with Crippen LogP contribution >= 0.6 is 0 Å². The fraction of sp³-hybridized carbons (Fsp3) is 0.533. The first kappa shape index (κ1) is 30.2. The third-order valence-corrected chi connectivity index (χ3v) is 8.67. The largest absolute Gasteiger partial charge is 0.446 e. The molecule has 14 heteroatoms. The molecule has 3 aliphatic rings. The number of carbonyl (C=O) groups excluding carboxylic acids is 1. The summed E-state index contributed by atoms with van der Waals surface area (Å²) in [6.45, 7) is -0.0102. The smallest absolute Gasteiger partial charge is 0.416 e. The number of benzene rings is 2. The van der Waals surface area contributed by atoms with Gasteiger partial charge in [0.05, 0.1) is 29.9 Å². The maximum atomic E-state index is 13.7. The lowest BCUT2D eigenvalue weighted by Crippen LogP contribution is -2.35. The topological polar surface area (TPSA) is 76.4 Å². The average molecular weight is 623 g/mol. The summed E-state index contributed by atoms with van der Waals surface area (Å²) in [4.78, 5) is 17.9. The molecule has 1 fully saturated rings. The Bertz CT molecular complexity index is 1500. The molecule has 2 heterocycles. The SMILES string of the molecule is Cn1nnc(N(Cc2cc(C(F)(F)F)cc(C(F)(F)F)c2)C2CCCN(C(=O)OC3CCCC3)c3cc4c(cc32)CCC4)n1. The van der Waals surface area contributed by atoms with Crippen LogP contribution in [0.3, 0.4) is 0 Å². The summed E-state index contributed by atoms with van der Waals surface area (Å²) < 4.78 is 88.2. The van der Waals surface area contributed by atoms with E-state index in [9.17, 15) is 31.1 Å². The number of ether oxygens (including phenoxy) is 1. The van der Waals surface area contributed by atoms with Crippen LogP contribution in [-0.4, -0.2) is 38.9 Å². The summed E-state index contributed by atoms with van der Waals surface area (Å²) in [6.07, 6.45) is -3.42. The van der Waals surface area contributed by atoms with Crippen molar-refractivity contribution in [3.8, 4) is 0 Å². The van der Waals surface area contributed by atoms with Crippen LogP contribution < -0.4 is 9.80 Å². The van der Waals surface area contributed by atoms with Crippen molar-refractivity contribution in [2.75, 3.05) is 16.3 Å². The van der Waals surface area contributed by atoms with E-state index >= 15 is 0 Å². The molecule has 8 nitrogen and oxygen atoms in total. The molecule has 1 aliphatic heterocycles. The van der Waals surface area contributed by atoms with Crippen LogP contribution in [0.15, 0.2) is 30.3 Å². The Morgan fingerprint density at radius 2 is 1.57 bits per heavy atom. The molecular formula is C30H32F6N6O2. The molecule has 0 saturated heterocycles. The van der Waals surface area contributed by atoms with Crippen LogP contribution in [0.4, 0.5) is 42.8 Å². The van der Waals surface area contributed by atoms with Gasteiger partial charge in [-0.3, -0.25) is 4.90 Å². The number of amides is 1. The third-order valence-electron chi connectivity index (χ3n) is 8.67. The summed E-state index contributed by atoms with van der Waals surface area (Å²) in [6, 6.07) is 4.99. The molecular weight excluding hydrogens is 590 g/mol. The van der Waals surface area contributed by atoms with Crippen LogP contribution in [0.1, 0.15) is 84.4 Å². The van der Waals surface area contributed by atoms with Crippen molar-refractivity contribution < 1.29 is 35.9 Å². The minimum absolute atomic E-state index is 0.0527. The zero-order chi connectivity index (χ0) is 31.2. The minimum Gasteiger partial charge on any atom is -0.446 e. The first-order chi connectivity index (χ1) is 20.9. The summed E-state index contributed by atoms with van der Waals surface area (Å²) in [5, 5.41) is 12.3. The van der Waals surface area contributed by atoms with E-state index in [0.717, 1.165) is 73.8 Å². The highest BCUT2D eigenvalue weighted by Crippen LogP contribution is 2.43. The van der Waals surface area contributed by atoms with Crippen LogP contribution in [0, 0.1) is 0 Å². The molecule has 1 saturated carbocycles. The highest BCUT2D eigenvalue weighted by Gasteiger charge is 2.39. The predicted octanol–water partition coefficient (Wildman–Crippen LogP) is 7.16. The molecule has 1 amide bonds. The normalized spacial score (nSPS) is 19.1. The number of carbonyl (C=O) groups is 1. The molecule has 0 bridgehead atoms. The number of rotatable bonds is 5. The molecule has 2 aliphatic carbocycles. The van der Waals surface area contributed by atoms with Crippen molar-refractivity contribution in [3.05, 3.63) is 63.7 Å². The maximum Gasteiger partial charge on any atom is 0.416 e. The number of nitrogens with zero attached hydrogens (tertiary/aromatic N) is 6. The van der Waals surface area contributed by atoms with E-state index < -0.39 is 35.6 Å². The molecule has 6 rings (SSSR count). The van der Waals surface area contributed by atoms with Gasteiger partial charge in [-0.1, -0.05) is 11.2 Å². The average Bonchev–Trinajstić information content (AvgIpc) is 3.71. The van der Waals surface area contributed by atoms with Gasteiger partial charge in [-0.2, -0.15) is 31.1 Å². The molecule has 236 valence electrons. The lowest BCUT2D eigenvalue weighted by molar-refractivity contribution is -0.143. The van der Waals surface area contributed by atoms with Gasteiger partial charge in [-0.15, -0.1) is 5.10 Å². The van der Waals surface area contributed by atoms with Crippen LogP contribution in [-0.2, 0) is 43.5 Å². The van der Waals surface area contributed by atoms with Gasteiger partial charge >= 0.3 is 18.4 Å². The van der Waals surface area contributed by atoms with Crippen molar-refractivity contribution in [1.82, 2.24) is 20.2 Å². The van der Waals surface area contributed by atoms with Crippen LogP contribution in [0.2, 0.25) is 0 Å². The first-order valence-corrected chi connectivity index (χ1v) is 14.8. The summed E-state index contributed by atoms with van der Waals surface area (Å²) in [5.41, 5.74) is 0.574. The molecule has 1 unspecified atom stereocenters. The summed E-state index contributed by atoms with van der Waals surface area (Å²) in [7, 11) is 1.52. The van der Waals surface area contributed by atoms with E-state index in [2.05, 4.69) is 15.4 Å². The number of fused-ring (bicyclic) bond motifs is 2. The number of tetrazole rings is 1. The summed E-state index contributed by atoms with van der Waals surface area (Å²) in [5.74, 6) is 0.0527. The fourth-order valence-electron chi connectivity index (χ4n) is 6.59. The monoisotopic (exact) mass is 622 g/mol. The lowest BCUT2D eigenvalue weighted by atomic mass is 9.95. The fourth-order valence-corrected chi connectivity index (χ4v) is 6.59. The van der Waals surface area contributed by atoms with E-state index in [1.807, 2.05) is 12.1 Å². The van der Waals surface area contributed by atoms with Crippen LogP contribution in [0.5, 0.6) is 0 Å². The van der Waals surface area contributed by atoms with Gasteiger partial charge in [0, 0.05) is 13.1 Å². The molecule has 0 radical (unpaired) electrons. The Morgan fingerprint density at radius 1 is 0.909 bits per heavy atom. The Hall–Kier alpha value is -3.84.